The van der Waals surface area contributed by atoms with Gasteiger partial charge in [-0.15, -0.1) is 0 Å². The Bertz CT molecular complexity index is 828. The lowest BCUT2D eigenvalue weighted by molar-refractivity contribution is -0.140. The number of halogens is 4. The van der Waals surface area contributed by atoms with Crippen molar-refractivity contribution in [2.45, 2.75) is 6.18 Å². The molecule has 20 heavy (non-hydrogen) atoms. The molecule has 0 atom stereocenters. The van der Waals surface area contributed by atoms with Crippen LogP contribution in [0, 0.1) is 0 Å². The number of pyridine rings is 1. The number of fused-ring (bicyclic) bond motifs is 3. The Kier molecular flexibility index (Phi) is 2.86. The average molecular weight is 341 g/mol. The third kappa shape index (κ3) is 2.00. The second-order valence-electron chi connectivity index (χ2n) is 4.39. The molecule has 0 aliphatic heterocycles. The van der Waals surface area contributed by atoms with E-state index in [9.17, 15) is 13.2 Å². The van der Waals surface area contributed by atoms with Gasteiger partial charge < -0.3 is 5.73 Å². The first-order chi connectivity index (χ1) is 9.38. The number of alkyl halides is 3. The van der Waals surface area contributed by atoms with Crippen LogP contribution in [0.1, 0.15) is 5.69 Å². The van der Waals surface area contributed by atoms with Gasteiger partial charge >= 0.3 is 6.18 Å². The number of nitrogen functional groups attached to an aromatic ring is 1. The molecule has 3 aromatic rings. The van der Waals surface area contributed by atoms with Gasteiger partial charge in [-0.3, -0.25) is 0 Å². The molecule has 1 heterocycles. The van der Waals surface area contributed by atoms with Gasteiger partial charge in [-0.05, 0) is 17.5 Å². The van der Waals surface area contributed by atoms with E-state index in [1.165, 1.54) is 0 Å². The molecular formula is C14H8BrF3N2. The summed E-state index contributed by atoms with van der Waals surface area (Å²) in [6, 6.07) is 9.68. The van der Waals surface area contributed by atoms with Crippen molar-refractivity contribution in [1.29, 1.82) is 0 Å². The predicted octanol–water partition coefficient (Wildman–Crippen LogP) is 4.75. The van der Waals surface area contributed by atoms with E-state index in [2.05, 4.69) is 20.9 Å². The van der Waals surface area contributed by atoms with E-state index in [4.69, 9.17) is 5.73 Å². The van der Waals surface area contributed by atoms with Gasteiger partial charge in [0.15, 0.2) is 0 Å². The average Bonchev–Trinajstić information content (AvgIpc) is 2.39. The van der Waals surface area contributed by atoms with Crippen LogP contribution in [0.15, 0.2) is 40.9 Å². The van der Waals surface area contributed by atoms with Gasteiger partial charge in [0.05, 0.1) is 5.52 Å². The molecule has 0 saturated carbocycles. The fraction of sp³-hybridized carbons (Fsp3) is 0.0714. The van der Waals surface area contributed by atoms with Gasteiger partial charge in [0.25, 0.3) is 0 Å². The molecule has 2 nitrogen and oxygen atoms in total. The number of hydrogen-bond acceptors (Lipinski definition) is 2. The van der Waals surface area contributed by atoms with E-state index in [0.29, 0.717) is 10.8 Å². The van der Waals surface area contributed by atoms with Gasteiger partial charge in [0, 0.05) is 20.9 Å². The van der Waals surface area contributed by atoms with Crippen LogP contribution in [0.25, 0.3) is 21.7 Å². The van der Waals surface area contributed by atoms with Crippen LogP contribution in [0.5, 0.6) is 0 Å². The summed E-state index contributed by atoms with van der Waals surface area (Å²) >= 11 is 3.40. The molecule has 3 rings (SSSR count). The quantitative estimate of drug-likeness (QED) is 0.599. The van der Waals surface area contributed by atoms with E-state index in [-0.39, 0.29) is 11.2 Å². The summed E-state index contributed by atoms with van der Waals surface area (Å²) in [5.74, 6) is 0. The molecule has 2 N–H and O–H groups in total. The highest BCUT2D eigenvalue weighted by molar-refractivity contribution is 9.10. The van der Waals surface area contributed by atoms with Crippen molar-refractivity contribution >= 4 is 43.3 Å². The summed E-state index contributed by atoms with van der Waals surface area (Å²) in [5, 5.41) is 1.93. The molecule has 0 saturated heterocycles. The molecule has 0 fully saturated rings. The topological polar surface area (TPSA) is 38.9 Å². The van der Waals surface area contributed by atoms with Crippen molar-refractivity contribution in [1.82, 2.24) is 4.98 Å². The highest BCUT2D eigenvalue weighted by atomic mass is 79.9. The first-order valence-electron chi connectivity index (χ1n) is 5.72. The van der Waals surface area contributed by atoms with Crippen molar-refractivity contribution < 1.29 is 13.2 Å². The SMILES string of the molecule is Nc1cc(C(F)(F)F)nc2c1cc(Br)c1ccccc12. The normalized spacial score (nSPS) is 12.2. The molecule has 0 aliphatic rings. The predicted molar refractivity (Wildman–Crippen MR) is 76.4 cm³/mol. The van der Waals surface area contributed by atoms with Crippen LogP contribution in [0.4, 0.5) is 18.9 Å². The first kappa shape index (κ1) is 13.2. The summed E-state index contributed by atoms with van der Waals surface area (Å²) in [6.45, 7) is 0. The summed E-state index contributed by atoms with van der Waals surface area (Å²) in [7, 11) is 0. The zero-order valence-electron chi connectivity index (χ0n) is 10.0. The fourth-order valence-corrected chi connectivity index (χ4v) is 2.75. The third-order valence-corrected chi connectivity index (χ3v) is 3.75. The maximum Gasteiger partial charge on any atom is 0.433 e. The number of nitrogens with two attached hydrogens (primary N) is 1. The summed E-state index contributed by atoms with van der Waals surface area (Å²) < 4.78 is 39.3. The molecule has 0 amide bonds. The van der Waals surface area contributed by atoms with Crippen LogP contribution in [-0.2, 0) is 6.18 Å². The highest BCUT2D eigenvalue weighted by Crippen LogP contribution is 2.37. The number of anilines is 1. The van der Waals surface area contributed by atoms with Gasteiger partial charge in [0.2, 0.25) is 0 Å². The van der Waals surface area contributed by atoms with Crippen LogP contribution in [0.2, 0.25) is 0 Å². The van der Waals surface area contributed by atoms with Gasteiger partial charge in [-0.25, -0.2) is 4.98 Å². The molecule has 2 aromatic carbocycles. The standard InChI is InChI=1S/C14H8BrF3N2/c15-10-5-9-11(19)6-12(14(16,17)18)20-13(9)8-4-2-1-3-7(8)10/h1-6H,(H2,19,20). The lowest BCUT2D eigenvalue weighted by Gasteiger charge is -2.12. The van der Waals surface area contributed by atoms with Gasteiger partial charge in [-0.1, -0.05) is 40.2 Å². The maximum absolute atomic E-state index is 12.8. The Morgan fingerprint density at radius 2 is 1.65 bits per heavy atom. The summed E-state index contributed by atoms with van der Waals surface area (Å²) in [4.78, 5) is 3.75. The lowest BCUT2D eigenvalue weighted by atomic mass is 10.0. The minimum atomic E-state index is -4.52. The summed E-state index contributed by atoms with van der Waals surface area (Å²) in [6.07, 6.45) is -4.52. The van der Waals surface area contributed by atoms with Crippen LogP contribution >= 0.6 is 15.9 Å². The molecule has 0 radical (unpaired) electrons. The van der Waals surface area contributed by atoms with Crippen molar-refractivity contribution in [3.05, 3.63) is 46.6 Å². The molecular weight excluding hydrogens is 333 g/mol. The van der Waals surface area contributed by atoms with E-state index in [0.717, 1.165) is 15.9 Å². The number of rotatable bonds is 0. The van der Waals surface area contributed by atoms with Crippen LogP contribution < -0.4 is 5.73 Å². The molecule has 0 aliphatic carbocycles. The molecule has 1 aromatic heterocycles. The molecule has 6 heteroatoms. The van der Waals surface area contributed by atoms with E-state index in [1.807, 2.05) is 12.1 Å². The highest BCUT2D eigenvalue weighted by Gasteiger charge is 2.33. The maximum atomic E-state index is 12.8. The van der Waals surface area contributed by atoms with Crippen molar-refractivity contribution in [3.8, 4) is 0 Å². The Hall–Kier alpha value is -1.82. The fourth-order valence-electron chi connectivity index (χ4n) is 2.18. The first-order valence-corrected chi connectivity index (χ1v) is 6.52. The second kappa shape index (κ2) is 4.34. The van der Waals surface area contributed by atoms with Crippen LogP contribution in [-0.4, -0.2) is 4.98 Å². The molecule has 0 bridgehead atoms. The van der Waals surface area contributed by atoms with E-state index >= 15 is 0 Å². The third-order valence-electron chi connectivity index (χ3n) is 3.09. The Balaban J connectivity index is 2.51. The van der Waals surface area contributed by atoms with Crippen molar-refractivity contribution in [3.63, 3.8) is 0 Å². The second-order valence-corrected chi connectivity index (χ2v) is 5.25. The minimum absolute atomic E-state index is 0.0637. The minimum Gasteiger partial charge on any atom is -0.398 e. The van der Waals surface area contributed by atoms with Gasteiger partial charge in [-0.2, -0.15) is 13.2 Å². The van der Waals surface area contributed by atoms with Crippen molar-refractivity contribution in [2.75, 3.05) is 5.73 Å². The number of hydrogen-bond donors (Lipinski definition) is 1. The smallest absolute Gasteiger partial charge is 0.398 e. The van der Waals surface area contributed by atoms with Crippen molar-refractivity contribution in [2.24, 2.45) is 0 Å². The van der Waals surface area contributed by atoms with E-state index in [1.54, 1.807) is 18.2 Å². The van der Waals surface area contributed by atoms with Crippen LogP contribution in [0.3, 0.4) is 0 Å². The Labute approximate surface area is 120 Å². The zero-order valence-corrected chi connectivity index (χ0v) is 11.6. The molecule has 0 unspecified atom stereocenters. The number of nitrogens with zero attached hydrogens (tertiary/aromatic N) is 1. The largest absolute Gasteiger partial charge is 0.433 e. The Morgan fingerprint density at radius 3 is 2.30 bits per heavy atom. The zero-order chi connectivity index (χ0) is 14.5. The lowest BCUT2D eigenvalue weighted by Crippen LogP contribution is -2.09. The monoisotopic (exact) mass is 340 g/mol. The number of benzene rings is 2. The van der Waals surface area contributed by atoms with E-state index < -0.39 is 11.9 Å². The summed E-state index contributed by atoms with van der Waals surface area (Å²) in [5.41, 5.74) is 5.10. The molecule has 0 spiro atoms. The number of aromatic nitrogens is 1. The van der Waals surface area contributed by atoms with Gasteiger partial charge in [0.1, 0.15) is 5.69 Å². The molecule has 102 valence electrons. The Morgan fingerprint density at radius 1 is 1.00 bits per heavy atom.